The summed E-state index contributed by atoms with van der Waals surface area (Å²) in [4.78, 5) is 73.1. The number of ether oxygens (including phenoxy) is 4. The van der Waals surface area contributed by atoms with Gasteiger partial charge in [-0.15, -0.1) is 0 Å². The van der Waals surface area contributed by atoms with Crippen molar-refractivity contribution < 1.29 is 80.2 Å². The quantitative estimate of drug-likeness (QED) is 0.0222. The van der Waals surface area contributed by atoms with E-state index in [1.54, 1.807) is 0 Å². The molecule has 0 radical (unpaired) electrons. The molecule has 0 spiro atoms. The average Bonchev–Trinajstić information content (AvgIpc) is 0.907. The van der Waals surface area contributed by atoms with Crippen LogP contribution < -0.4 is 0 Å². The highest BCUT2D eigenvalue weighted by Crippen LogP contribution is 2.45. The number of carbonyl (C=O) groups excluding carboxylic acids is 4. The Morgan fingerprint density at radius 3 is 0.654 bits per heavy atom. The number of aliphatic hydroxyl groups excluding tert-OH is 1. The van der Waals surface area contributed by atoms with Gasteiger partial charge in [0.2, 0.25) is 0 Å². The third-order valence-corrected chi connectivity index (χ3v) is 21.9. The van der Waals surface area contributed by atoms with Gasteiger partial charge in [0.25, 0.3) is 0 Å². The fourth-order valence-corrected chi connectivity index (χ4v) is 14.9. The molecule has 0 bridgehead atoms. The first kappa shape index (κ1) is 102. The van der Waals surface area contributed by atoms with Gasteiger partial charge in [0.15, 0.2) is 12.2 Å². The molecule has 0 aliphatic carbocycles. The lowest BCUT2D eigenvalue weighted by molar-refractivity contribution is -0.161. The van der Waals surface area contributed by atoms with E-state index in [4.69, 9.17) is 37.0 Å². The second kappa shape index (κ2) is 77.8. The summed E-state index contributed by atoms with van der Waals surface area (Å²) in [5.41, 5.74) is 0. The Hall–Kier alpha value is -1.94. The topological polar surface area (TPSA) is 237 Å². The number of carbonyl (C=O) groups is 4. The Bertz CT molecular complexity index is 1980. The highest BCUT2D eigenvalue weighted by atomic mass is 31.2. The van der Waals surface area contributed by atoms with Crippen molar-refractivity contribution in [1.29, 1.82) is 0 Å². The number of hydrogen-bond donors (Lipinski definition) is 3. The third kappa shape index (κ3) is 78.2. The van der Waals surface area contributed by atoms with Gasteiger partial charge >= 0.3 is 39.5 Å². The van der Waals surface area contributed by atoms with Crippen LogP contribution in [0.5, 0.6) is 0 Å². The fraction of sp³-hybridized carbons (Fsp3) is 0.953. The van der Waals surface area contributed by atoms with Crippen LogP contribution in [-0.2, 0) is 65.4 Å². The molecule has 0 aliphatic heterocycles. The molecule has 0 aromatic heterocycles. The first-order valence-electron chi connectivity index (χ1n) is 44.1. The Labute approximate surface area is 638 Å². The summed E-state index contributed by atoms with van der Waals surface area (Å²) in [5.74, 6) is -1.40. The number of hydrogen-bond acceptors (Lipinski definition) is 15. The van der Waals surface area contributed by atoms with Crippen molar-refractivity contribution >= 4 is 39.5 Å². The maximum atomic E-state index is 13.1. The standard InChI is InChI=1S/C85H166O17P2/c1-6-9-12-15-18-21-24-27-30-32-34-35-37-39-41-44-47-50-55-61-66-71-84(89)101-80(74-95-82(87)68-63-58-53-48-45-43-40-38-36-33-31-28-25-22-19-16-13-10-7-2)76-99-103(91,92)97-72-79(86)73-98-104(93,94)100-77-81(75-96-83(88)69-64-59-56-51-52-57-62-67-78(4)5)102-85(90)70-65-60-54-49-46-42-29-26-23-20-17-14-11-8-3/h78-81,86H,6-77H2,1-5H3,(H,91,92)(H,93,94)/t79-,80-,81-/m1/s1. The number of unbranched alkanes of at least 4 members (excludes halogenated alkanes) is 57. The van der Waals surface area contributed by atoms with Gasteiger partial charge in [-0.1, -0.05) is 407 Å². The molecule has 0 saturated carbocycles. The number of phosphoric ester groups is 2. The predicted molar refractivity (Wildman–Crippen MR) is 428 cm³/mol. The molecule has 0 fully saturated rings. The van der Waals surface area contributed by atoms with E-state index in [0.29, 0.717) is 31.6 Å². The molecule has 19 heteroatoms. The van der Waals surface area contributed by atoms with E-state index in [-0.39, 0.29) is 25.7 Å². The molecule has 0 rings (SSSR count). The van der Waals surface area contributed by atoms with E-state index in [2.05, 4.69) is 34.6 Å². The van der Waals surface area contributed by atoms with Crippen molar-refractivity contribution in [2.75, 3.05) is 39.6 Å². The van der Waals surface area contributed by atoms with E-state index in [1.807, 2.05) is 0 Å². The van der Waals surface area contributed by atoms with Crippen LogP contribution in [0.4, 0.5) is 0 Å². The smallest absolute Gasteiger partial charge is 0.462 e. The first-order valence-corrected chi connectivity index (χ1v) is 47.1. The molecular formula is C85H166O17P2. The number of rotatable bonds is 85. The second-order valence-corrected chi connectivity index (χ2v) is 34.0. The fourth-order valence-electron chi connectivity index (χ4n) is 13.3. The molecule has 0 amide bonds. The highest BCUT2D eigenvalue weighted by Gasteiger charge is 2.30. The zero-order chi connectivity index (χ0) is 76.2. The SMILES string of the molecule is CCCCCCCCCCCCCCCCCCCCCCCC(=O)O[C@H](COC(=O)CCCCCCCCCCCCCCCCCCCCC)COP(=O)(O)OC[C@@H](O)COP(=O)(O)OC[C@@H](COC(=O)CCCCCCCCCC(C)C)OC(=O)CCCCCCCCCCCCCCCC. The number of phosphoric acid groups is 2. The molecule has 5 atom stereocenters. The Morgan fingerprint density at radius 1 is 0.260 bits per heavy atom. The second-order valence-electron chi connectivity index (χ2n) is 31.1. The van der Waals surface area contributed by atoms with Crippen molar-refractivity contribution in [2.24, 2.45) is 5.92 Å². The number of aliphatic hydroxyl groups is 1. The summed E-state index contributed by atoms with van der Waals surface area (Å²) in [5, 5.41) is 10.7. The normalized spacial score (nSPS) is 13.8. The minimum atomic E-state index is -4.96. The van der Waals surface area contributed by atoms with Crippen LogP contribution in [0.3, 0.4) is 0 Å². The molecule has 618 valence electrons. The minimum absolute atomic E-state index is 0.108. The van der Waals surface area contributed by atoms with Crippen molar-refractivity contribution in [3.8, 4) is 0 Å². The molecule has 0 aromatic rings. The van der Waals surface area contributed by atoms with Gasteiger partial charge < -0.3 is 33.8 Å². The molecule has 0 aliphatic rings. The van der Waals surface area contributed by atoms with Crippen molar-refractivity contribution in [3.05, 3.63) is 0 Å². The molecule has 0 aromatic carbocycles. The zero-order valence-corrected chi connectivity index (χ0v) is 70.0. The summed E-state index contributed by atoms with van der Waals surface area (Å²) in [7, 11) is -9.92. The summed E-state index contributed by atoms with van der Waals surface area (Å²) in [6.45, 7) is 7.30. The first-order chi connectivity index (χ1) is 50.5. The van der Waals surface area contributed by atoms with Crippen LogP contribution in [0.2, 0.25) is 0 Å². The van der Waals surface area contributed by atoms with Gasteiger partial charge in [-0.05, 0) is 31.6 Å². The van der Waals surface area contributed by atoms with Crippen LogP contribution >= 0.6 is 15.6 Å². The summed E-state index contributed by atoms with van der Waals surface area (Å²) in [6, 6.07) is 0. The molecule has 3 N–H and O–H groups in total. The van der Waals surface area contributed by atoms with Gasteiger partial charge in [-0.2, -0.15) is 0 Å². The lowest BCUT2D eigenvalue weighted by Crippen LogP contribution is -2.30. The van der Waals surface area contributed by atoms with E-state index >= 15 is 0 Å². The van der Waals surface area contributed by atoms with Crippen molar-refractivity contribution in [2.45, 2.75) is 477 Å². The monoisotopic (exact) mass is 1520 g/mol. The van der Waals surface area contributed by atoms with E-state index in [1.165, 1.54) is 276 Å². The van der Waals surface area contributed by atoms with Gasteiger partial charge in [-0.3, -0.25) is 37.3 Å². The summed E-state index contributed by atoms with van der Waals surface area (Å²) in [6.07, 6.45) is 71.0. The van der Waals surface area contributed by atoms with Crippen LogP contribution in [0.1, 0.15) is 458 Å². The molecule has 0 heterocycles. The highest BCUT2D eigenvalue weighted by molar-refractivity contribution is 7.47. The summed E-state index contributed by atoms with van der Waals surface area (Å²) < 4.78 is 68.8. The lowest BCUT2D eigenvalue weighted by Gasteiger charge is -2.21. The maximum absolute atomic E-state index is 13.1. The lowest BCUT2D eigenvalue weighted by atomic mass is 10.0. The van der Waals surface area contributed by atoms with Crippen LogP contribution in [0.25, 0.3) is 0 Å². The van der Waals surface area contributed by atoms with Crippen LogP contribution in [0.15, 0.2) is 0 Å². The maximum Gasteiger partial charge on any atom is 0.472 e. The van der Waals surface area contributed by atoms with Crippen LogP contribution in [-0.4, -0.2) is 96.7 Å². The number of esters is 4. The van der Waals surface area contributed by atoms with Gasteiger partial charge in [0.1, 0.15) is 19.3 Å². The van der Waals surface area contributed by atoms with Crippen molar-refractivity contribution in [1.82, 2.24) is 0 Å². The molecule has 0 saturated heterocycles. The molecule has 104 heavy (non-hydrogen) atoms. The van der Waals surface area contributed by atoms with E-state index in [9.17, 15) is 43.2 Å². The molecule has 17 nitrogen and oxygen atoms in total. The van der Waals surface area contributed by atoms with Crippen molar-refractivity contribution in [3.63, 3.8) is 0 Å². The summed E-state index contributed by atoms with van der Waals surface area (Å²) >= 11 is 0. The molecular weight excluding hydrogens is 1350 g/mol. The minimum Gasteiger partial charge on any atom is -0.462 e. The van der Waals surface area contributed by atoms with Gasteiger partial charge in [-0.25, -0.2) is 9.13 Å². The molecule has 2 unspecified atom stereocenters. The average molecular weight is 1520 g/mol. The largest absolute Gasteiger partial charge is 0.472 e. The Kier molecular flexibility index (Phi) is 76.3. The van der Waals surface area contributed by atoms with E-state index < -0.39 is 97.5 Å². The van der Waals surface area contributed by atoms with Crippen LogP contribution in [0, 0.1) is 5.92 Å². The predicted octanol–water partition coefficient (Wildman–Crippen LogP) is 26.0. The van der Waals surface area contributed by atoms with Gasteiger partial charge in [0.05, 0.1) is 26.4 Å². The zero-order valence-electron chi connectivity index (χ0n) is 68.2. The Balaban J connectivity index is 5.21. The van der Waals surface area contributed by atoms with Gasteiger partial charge in [0, 0.05) is 25.7 Å². The van der Waals surface area contributed by atoms with E-state index in [0.717, 1.165) is 96.3 Å². The Morgan fingerprint density at radius 2 is 0.442 bits per heavy atom. The third-order valence-electron chi connectivity index (χ3n) is 20.0.